The fourth-order valence-corrected chi connectivity index (χ4v) is 1.72. The lowest BCUT2D eigenvalue weighted by atomic mass is 10.1. The highest BCUT2D eigenvalue weighted by Crippen LogP contribution is 2.29. The van der Waals surface area contributed by atoms with Gasteiger partial charge in [0, 0.05) is 12.0 Å². The molecule has 0 amide bonds. The first-order valence-corrected chi connectivity index (χ1v) is 5.62. The molecule has 0 bridgehead atoms. The lowest BCUT2D eigenvalue weighted by Gasteiger charge is -2.21. The van der Waals surface area contributed by atoms with Crippen molar-refractivity contribution in [3.8, 4) is 5.88 Å². The minimum Gasteiger partial charge on any atom is -0.481 e. The molecular weight excluding hydrogens is 220 g/mol. The highest BCUT2D eigenvalue weighted by atomic mass is 16.5. The third kappa shape index (κ3) is 2.99. The molecule has 96 valence electrons. The third-order valence-electron chi connectivity index (χ3n) is 2.55. The van der Waals surface area contributed by atoms with Crippen molar-refractivity contribution in [2.24, 2.45) is 0 Å². The fraction of sp³-hybridized carbons (Fsp3) is 0.667. The van der Waals surface area contributed by atoms with Crippen molar-refractivity contribution in [3.63, 3.8) is 0 Å². The molecule has 17 heavy (non-hydrogen) atoms. The average molecular weight is 240 g/mol. The summed E-state index contributed by atoms with van der Waals surface area (Å²) in [4.78, 5) is 10.6. The van der Waals surface area contributed by atoms with Crippen molar-refractivity contribution in [2.45, 2.75) is 46.1 Å². The van der Waals surface area contributed by atoms with Crippen molar-refractivity contribution in [3.05, 3.63) is 11.3 Å². The summed E-state index contributed by atoms with van der Waals surface area (Å²) < 4.78 is 7.17. The van der Waals surface area contributed by atoms with Crippen LogP contribution in [-0.4, -0.2) is 28.0 Å². The molecule has 0 aliphatic rings. The maximum atomic E-state index is 10.6. The van der Waals surface area contributed by atoms with Crippen molar-refractivity contribution in [2.75, 3.05) is 7.11 Å². The number of ether oxygens (including phenoxy) is 1. The molecule has 0 aliphatic carbocycles. The van der Waals surface area contributed by atoms with E-state index in [4.69, 9.17) is 9.84 Å². The Morgan fingerprint density at radius 1 is 1.47 bits per heavy atom. The molecule has 1 rings (SSSR count). The van der Waals surface area contributed by atoms with Gasteiger partial charge in [0.2, 0.25) is 5.88 Å². The van der Waals surface area contributed by atoms with Crippen LogP contribution in [0.5, 0.6) is 5.88 Å². The summed E-state index contributed by atoms with van der Waals surface area (Å²) >= 11 is 0. The highest BCUT2D eigenvalue weighted by molar-refractivity contribution is 5.67. The van der Waals surface area contributed by atoms with E-state index < -0.39 is 5.97 Å². The van der Waals surface area contributed by atoms with Gasteiger partial charge >= 0.3 is 5.97 Å². The summed E-state index contributed by atoms with van der Waals surface area (Å²) in [5, 5.41) is 13.2. The van der Waals surface area contributed by atoms with Crippen LogP contribution >= 0.6 is 0 Å². The van der Waals surface area contributed by atoms with E-state index in [0.29, 0.717) is 12.3 Å². The molecular formula is C12H20N2O3. The standard InChI is InChI=1S/C12H20N2O3/c1-8-9(6-7-10(15)16)11(17-5)14(13-8)12(2,3)4/h6-7H2,1-5H3,(H,15,16). The van der Waals surface area contributed by atoms with Crippen LogP contribution in [-0.2, 0) is 16.8 Å². The van der Waals surface area contributed by atoms with Gasteiger partial charge in [0.25, 0.3) is 0 Å². The van der Waals surface area contributed by atoms with E-state index in [1.807, 2.05) is 27.7 Å². The highest BCUT2D eigenvalue weighted by Gasteiger charge is 2.24. The molecule has 1 heterocycles. The van der Waals surface area contributed by atoms with Crippen LogP contribution in [0, 0.1) is 6.92 Å². The largest absolute Gasteiger partial charge is 0.481 e. The number of hydrogen-bond donors (Lipinski definition) is 1. The summed E-state index contributed by atoms with van der Waals surface area (Å²) in [6, 6.07) is 0. The zero-order chi connectivity index (χ0) is 13.2. The van der Waals surface area contributed by atoms with Gasteiger partial charge in [-0.2, -0.15) is 5.10 Å². The maximum absolute atomic E-state index is 10.6. The van der Waals surface area contributed by atoms with Crippen molar-refractivity contribution >= 4 is 5.97 Å². The zero-order valence-corrected chi connectivity index (χ0v) is 11.1. The lowest BCUT2D eigenvalue weighted by Crippen LogP contribution is -2.24. The van der Waals surface area contributed by atoms with Gasteiger partial charge in [-0.3, -0.25) is 4.79 Å². The van der Waals surface area contributed by atoms with Crippen LogP contribution in [0.25, 0.3) is 0 Å². The second kappa shape index (κ2) is 4.77. The van der Waals surface area contributed by atoms with E-state index in [9.17, 15) is 4.79 Å². The first-order valence-electron chi connectivity index (χ1n) is 5.62. The topological polar surface area (TPSA) is 64.3 Å². The predicted molar refractivity (Wildman–Crippen MR) is 64.5 cm³/mol. The number of aliphatic carboxylic acids is 1. The molecule has 1 aromatic heterocycles. The van der Waals surface area contributed by atoms with E-state index in [0.717, 1.165) is 11.3 Å². The number of carbonyl (C=O) groups is 1. The Morgan fingerprint density at radius 3 is 2.47 bits per heavy atom. The van der Waals surface area contributed by atoms with Crippen LogP contribution in [0.2, 0.25) is 0 Å². The second-order valence-corrected chi connectivity index (χ2v) is 5.05. The number of carboxylic acids is 1. The molecule has 0 fully saturated rings. The van der Waals surface area contributed by atoms with Crippen LogP contribution in [0.4, 0.5) is 0 Å². The van der Waals surface area contributed by atoms with E-state index >= 15 is 0 Å². The molecule has 0 aliphatic heterocycles. The fourth-order valence-electron chi connectivity index (χ4n) is 1.72. The lowest BCUT2D eigenvalue weighted by molar-refractivity contribution is -0.136. The third-order valence-corrected chi connectivity index (χ3v) is 2.55. The predicted octanol–water partition coefficient (Wildman–Crippen LogP) is 1.97. The molecule has 5 heteroatoms. The molecule has 0 aromatic carbocycles. The Balaban J connectivity index is 3.13. The van der Waals surface area contributed by atoms with E-state index in [2.05, 4.69) is 5.10 Å². The average Bonchev–Trinajstić information content (AvgIpc) is 2.51. The SMILES string of the molecule is COc1c(CCC(=O)O)c(C)nn1C(C)(C)C. The van der Waals surface area contributed by atoms with Gasteiger partial charge in [-0.05, 0) is 34.1 Å². The summed E-state index contributed by atoms with van der Waals surface area (Å²) in [6.07, 6.45) is 0.535. The maximum Gasteiger partial charge on any atom is 0.303 e. The molecule has 0 unspecified atom stereocenters. The number of methoxy groups -OCH3 is 1. The Kier molecular flexibility index (Phi) is 3.80. The number of aryl methyl sites for hydroxylation is 1. The van der Waals surface area contributed by atoms with Gasteiger partial charge in [-0.25, -0.2) is 4.68 Å². The first kappa shape index (κ1) is 13.5. The molecule has 1 aromatic rings. The summed E-state index contributed by atoms with van der Waals surface area (Å²) in [7, 11) is 1.59. The minimum atomic E-state index is -0.810. The number of rotatable bonds is 4. The summed E-state index contributed by atoms with van der Waals surface area (Å²) in [6.45, 7) is 7.97. The van der Waals surface area contributed by atoms with Crippen LogP contribution in [0.1, 0.15) is 38.4 Å². The van der Waals surface area contributed by atoms with Crippen LogP contribution in [0.3, 0.4) is 0 Å². The van der Waals surface area contributed by atoms with Gasteiger partial charge in [0.05, 0.1) is 18.3 Å². The van der Waals surface area contributed by atoms with Crippen molar-refractivity contribution in [1.29, 1.82) is 0 Å². The molecule has 5 nitrogen and oxygen atoms in total. The normalized spacial score (nSPS) is 11.6. The van der Waals surface area contributed by atoms with E-state index in [-0.39, 0.29) is 12.0 Å². The second-order valence-electron chi connectivity index (χ2n) is 5.05. The van der Waals surface area contributed by atoms with Gasteiger partial charge in [-0.15, -0.1) is 0 Å². The van der Waals surface area contributed by atoms with E-state index in [1.54, 1.807) is 11.8 Å². The number of nitrogens with zero attached hydrogens (tertiary/aromatic N) is 2. The van der Waals surface area contributed by atoms with Gasteiger partial charge in [0.15, 0.2) is 0 Å². The van der Waals surface area contributed by atoms with Crippen LogP contribution in [0.15, 0.2) is 0 Å². The summed E-state index contributed by atoms with van der Waals surface area (Å²) in [5.41, 5.74) is 1.53. The summed E-state index contributed by atoms with van der Waals surface area (Å²) in [5.74, 6) is -0.147. The van der Waals surface area contributed by atoms with Gasteiger partial charge < -0.3 is 9.84 Å². The molecule has 0 saturated heterocycles. The Morgan fingerprint density at radius 2 is 2.06 bits per heavy atom. The zero-order valence-electron chi connectivity index (χ0n) is 11.1. The Bertz CT molecular complexity index is 416. The van der Waals surface area contributed by atoms with Crippen LogP contribution < -0.4 is 4.74 Å². The first-order chi connectivity index (χ1) is 7.77. The Hall–Kier alpha value is -1.52. The van der Waals surface area contributed by atoms with Gasteiger partial charge in [0.1, 0.15) is 0 Å². The van der Waals surface area contributed by atoms with Crippen molar-refractivity contribution < 1.29 is 14.6 Å². The van der Waals surface area contributed by atoms with Crippen molar-refractivity contribution in [1.82, 2.24) is 9.78 Å². The monoisotopic (exact) mass is 240 g/mol. The number of aromatic nitrogens is 2. The molecule has 0 saturated carbocycles. The molecule has 0 spiro atoms. The minimum absolute atomic E-state index is 0.0903. The molecule has 0 radical (unpaired) electrons. The smallest absolute Gasteiger partial charge is 0.303 e. The number of hydrogen-bond acceptors (Lipinski definition) is 3. The van der Waals surface area contributed by atoms with Gasteiger partial charge in [-0.1, -0.05) is 0 Å². The number of carboxylic acid groups (broad SMARTS) is 1. The van der Waals surface area contributed by atoms with E-state index in [1.165, 1.54) is 0 Å². The Labute approximate surface area is 101 Å². The molecule has 0 atom stereocenters. The molecule has 1 N–H and O–H groups in total. The quantitative estimate of drug-likeness (QED) is 0.874.